The van der Waals surface area contributed by atoms with Gasteiger partial charge in [0.25, 0.3) is 11.7 Å². The molecule has 2 atom stereocenters. The molecule has 1 fully saturated rings. The van der Waals surface area contributed by atoms with Gasteiger partial charge >= 0.3 is 0 Å². The maximum Gasteiger partial charge on any atom is 0.291 e. The SMILES string of the molecule is Cc1cc(C)n2nc(C(=O)N[C@@H]3CN(C)C[C@H]3c3cncn3C)nc2n1. The molecule has 0 spiro atoms. The highest BCUT2D eigenvalue weighted by molar-refractivity contribution is 5.91. The number of aryl methyl sites for hydroxylation is 3. The number of aromatic nitrogens is 6. The van der Waals surface area contributed by atoms with Crippen LogP contribution in [0.15, 0.2) is 18.6 Å². The van der Waals surface area contributed by atoms with Crippen LogP contribution in [0, 0.1) is 13.8 Å². The van der Waals surface area contributed by atoms with Crippen molar-refractivity contribution in [1.82, 2.24) is 39.3 Å². The Balaban J connectivity index is 1.59. The second-order valence-corrected chi connectivity index (χ2v) is 7.02. The Labute approximate surface area is 151 Å². The molecule has 136 valence electrons. The Hall–Kier alpha value is -2.81. The molecule has 4 rings (SSSR count). The Morgan fingerprint density at radius 3 is 2.77 bits per heavy atom. The maximum atomic E-state index is 12.8. The zero-order chi connectivity index (χ0) is 18.4. The molecule has 1 aliphatic rings. The van der Waals surface area contributed by atoms with Crippen molar-refractivity contribution in [3.63, 3.8) is 0 Å². The number of imidazole rings is 1. The van der Waals surface area contributed by atoms with Gasteiger partial charge in [-0.25, -0.2) is 14.5 Å². The Morgan fingerprint density at radius 2 is 2.04 bits per heavy atom. The molecule has 3 aromatic rings. The first kappa shape index (κ1) is 16.6. The van der Waals surface area contributed by atoms with Crippen molar-refractivity contribution in [3.8, 4) is 0 Å². The molecule has 1 saturated heterocycles. The van der Waals surface area contributed by atoms with E-state index in [-0.39, 0.29) is 23.7 Å². The number of fused-ring (bicyclic) bond motifs is 1. The average Bonchev–Trinajstić information content (AvgIpc) is 3.25. The van der Waals surface area contributed by atoms with Crippen LogP contribution in [0.3, 0.4) is 0 Å². The van der Waals surface area contributed by atoms with E-state index in [1.165, 1.54) is 0 Å². The summed E-state index contributed by atoms with van der Waals surface area (Å²) in [5.74, 6) is 0.486. The van der Waals surface area contributed by atoms with Gasteiger partial charge in [-0.3, -0.25) is 4.79 Å². The maximum absolute atomic E-state index is 12.8. The van der Waals surface area contributed by atoms with Crippen molar-refractivity contribution < 1.29 is 4.79 Å². The standard InChI is InChI=1S/C17H22N8O/c1-10-5-11(2)25-17(19-10)21-15(22-25)16(26)20-13-8-23(3)7-12(13)14-6-18-9-24(14)4/h5-6,9,12-13H,7-8H2,1-4H3,(H,20,26)/t12-,13-/m1/s1. The largest absolute Gasteiger partial charge is 0.345 e. The monoisotopic (exact) mass is 354 g/mol. The summed E-state index contributed by atoms with van der Waals surface area (Å²) in [6.07, 6.45) is 3.65. The van der Waals surface area contributed by atoms with Crippen molar-refractivity contribution >= 4 is 11.7 Å². The van der Waals surface area contributed by atoms with Crippen molar-refractivity contribution in [2.75, 3.05) is 20.1 Å². The highest BCUT2D eigenvalue weighted by Gasteiger charge is 2.35. The number of carbonyl (C=O) groups is 1. The number of nitrogens with zero attached hydrogens (tertiary/aromatic N) is 7. The number of likely N-dealkylation sites (tertiary alicyclic amines) is 1. The minimum atomic E-state index is -0.278. The van der Waals surface area contributed by atoms with Gasteiger partial charge in [-0.1, -0.05) is 0 Å². The van der Waals surface area contributed by atoms with Gasteiger partial charge in [0.1, 0.15) is 0 Å². The van der Waals surface area contributed by atoms with Crippen LogP contribution in [0.25, 0.3) is 5.78 Å². The van der Waals surface area contributed by atoms with Gasteiger partial charge in [-0.05, 0) is 27.0 Å². The normalized spacial score (nSPS) is 20.8. The van der Waals surface area contributed by atoms with Gasteiger partial charge < -0.3 is 14.8 Å². The van der Waals surface area contributed by atoms with Crippen LogP contribution >= 0.6 is 0 Å². The summed E-state index contributed by atoms with van der Waals surface area (Å²) in [6, 6.07) is 1.89. The predicted molar refractivity (Wildman–Crippen MR) is 95.0 cm³/mol. The molecule has 0 aliphatic carbocycles. The van der Waals surface area contributed by atoms with Crippen molar-refractivity contribution in [2.24, 2.45) is 7.05 Å². The second-order valence-electron chi connectivity index (χ2n) is 7.02. The fourth-order valence-corrected chi connectivity index (χ4v) is 3.67. The van der Waals surface area contributed by atoms with Gasteiger partial charge in [0, 0.05) is 49.3 Å². The molecule has 0 unspecified atom stereocenters. The lowest BCUT2D eigenvalue weighted by atomic mass is 10.00. The summed E-state index contributed by atoms with van der Waals surface area (Å²) in [6.45, 7) is 5.45. The van der Waals surface area contributed by atoms with E-state index in [1.54, 1.807) is 10.8 Å². The fraction of sp³-hybridized carbons (Fsp3) is 0.471. The lowest BCUT2D eigenvalue weighted by Crippen LogP contribution is -2.40. The molecule has 26 heavy (non-hydrogen) atoms. The van der Waals surface area contributed by atoms with Gasteiger partial charge in [0.15, 0.2) is 0 Å². The van der Waals surface area contributed by atoms with E-state index in [0.717, 1.165) is 30.2 Å². The molecule has 9 nitrogen and oxygen atoms in total. The Kier molecular flexibility index (Phi) is 3.95. The minimum Gasteiger partial charge on any atom is -0.345 e. The summed E-state index contributed by atoms with van der Waals surface area (Å²) in [4.78, 5) is 27.8. The van der Waals surface area contributed by atoms with Crippen LogP contribution in [-0.4, -0.2) is 66.1 Å². The topological polar surface area (TPSA) is 93.2 Å². The fourth-order valence-electron chi connectivity index (χ4n) is 3.67. The molecule has 0 aromatic carbocycles. The number of carbonyl (C=O) groups excluding carboxylic acids is 1. The van der Waals surface area contributed by atoms with E-state index in [1.807, 2.05) is 37.7 Å². The Bertz CT molecular complexity index is 974. The minimum absolute atomic E-state index is 0.0229. The zero-order valence-electron chi connectivity index (χ0n) is 15.3. The van der Waals surface area contributed by atoms with Crippen molar-refractivity contribution in [2.45, 2.75) is 25.8 Å². The third kappa shape index (κ3) is 2.84. The average molecular weight is 354 g/mol. The van der Waals surface area contributed by atoms with E-state index in [2.05, 4.69) is 37.3 Å². The summed E-state index contributed by atoms with van der Waals surface area (Å²) in [7, 11) is 4.02. The van der Waals surface area contributed by atoms with Crippen LogP contribution in [0.2, 0.25) is 0 Å². The number of likely N-dealkylation sites (N-methyl/N-ethyl adjacent to an activating group) is 1. The van der Waals surface area contributed by atoms with Gasteiger partial charge in [-0.15, -0.1) is 5.10 Å². The molecular weight excluding hydrogens is 332 g/mol. The van der Waals surface area contributed by atoms with Gasteiger partial charge in [0.2, 0.25) is 5.82 Å². The first-order valence-electron chi connectivity index (χ1n) is 8.59. The molecule has 0 saturated carbocycles. The van der Waals surface area contributed by atoms with Crippen molar-refractivity contribution in [3.05, 3.63) is 41.5 Å². The second kappa shape index (κ2) is 6.17. The van der Waals surface area contributed by atoms with Crippen LogP contribution in [-0.2, 0) is 7.05 Å². The number of amides is 1. The van der Waals surface area contributed by atoms with E-state index in [4.69, 9.17) is 0 Å². The summed E-state index contributed by atoms with van der Waals surface area (Å²) in [5, 5.41) is 7.42. The number of rotatable bonds is 3. The molecule has 1 amide bonds. The van der Waals surface area contributed by atoms with Gasteiger partial charge in [0.05, 0.1) is 12.4 Å². The zero-order valence-corrected chi connectivity index (χ0v) is 15.3. The van der Waals surface area contributed by atoms with Crippen LogP contribution in [0.4, 0.5) is 0 Å². The number of hydrogen-bond donors (Lipinski definition) is 1. The van der Waals surface area contributed by atoms with E-state index >= 15 is 0 Å². The summed E-state index contributed by atoms with van der Waals surface area (Å²) >= 11 is 0. The molecule has 1 aliphatic heterocycles. The smallest absolute Gasteiger partial charge is 0.291 e. The predicted octanol–water partition coefficient (Wildman–Crippen LogP) is 0.302. The molecule has 3 aromatic heterocycles. The highest BCUT2D eigenvalue weighted by atomic mass is 16.2. The first-order chi connectivity index (χ1) is 12.4. The molecule has 0 radical (unpaired) electrons. The van der Waals surface area contributed by atoms with Gasteiger partial charge in [-0.2, -0.15) is 4.98 Å². The number of nitrogens with one attached hydrogen (secondary N) is 1. The number of hydrogen-bond acceptors (Lipinski definition) is 6. The first-order valence-corrected chi connectivity index (χ1v) is 8.59. The van der Waals surface area contributed by atoms with E-state index in [9.17, 15) is 4.79 Å². The van der Waals surface area contributed by atoms with Crippen LogP contribution < -0.4 is 5.32 Å². The third-order valence-electron chi connectivity index (χ3n) is 4.87. The highest BCUT2D eigenvalue weighted by Crippen LogP contribution is 2.26. The van der Waals surface area contributed by atoms with E-state index < -0.39 is 0 Å². The Morgan fingerprint density at radius 1 is 1.23 bits per heavy atom. The lowest BCUT2D eigenvalue weighted by molar-refractivity contribution is 0.0925. The molecular formula is C17H22N8O. The lowest BCUT2D eigenvalue weighted by Gasteiger charge is -2.19. The molecule has 0 bridgehead atoms. The third-order valence-corrected chi connectivity index (χ3v) is 4.87. The summed E-state index contributed by atoms with van der Waals surface area (Å²) < 4.78 is 3.60. The quantitative estimate of drug-likeness (QED) is 0.727. The van der Waals surface area contributed by atoms with Crippen LogP contribution in [0.5, 0.6) is 0 Å². The van der Waals surface area contributed by atoms with Crippen molar-refractivity contribution in [1.29, 1.82) is 0 Å². The van der Waals surface area contributed by atoms with E-state index in [0.29, 0.717) is 5.78 Å². The molecule has 1 N–H and O–H groups in total. The molecule has 4 heterocycles. The summed E-state index contributed by atoms with van der Waals surface area (Å²) in [5.41, 5.74) is 2.85. The molecule has 9 heteroatoms. The van der Waals surface area contributed by atoms with Crippen LogP contribution in [0.1, 0.15) is 33.6 Å².